The first kappa shape index (κ1) is 17.0. The first-order valence-electron chi connectivity index (χ1n) is 6.35. The fourth-order valence-corrected chi connectivity index (χ4v) is 3.62. The molecule has 1 aromatic carbocycles. The molecule has 7 nitrogen and oxygen atoms in total. The van der Waals surface area contributed by atoms with Crippen molar-refractivity contribution in [3.8, 4) is 0 Å². The Morgan fingerprint density at radius 2 is 2.09 bits per heavy atom. The molecule has 2 aromatic rings. The molecule has 1 N–H and O–H groups in total. The van der Waals surface area contributed by atoms with E-state index in [1.54, 1.807) is 6.92 Å². The quantitative estimate of drug-likeness (QED) is 0.652. The zero-order valence-electron chi connectivity index (χ0n) is 11.8. The van der Waals surface area contributed by atoms with Crippen LogP contribution in [0.4, 0.5) is 5.69 Å². The zero-order valence-corrected chi connectivity index (χ0v) is 13.4. The van der Waals surface area contributed by atoms with Gasteiger partial charge in [-0.05, 0) is 25.1 Å². The fraction of sp³-hybridized carbons (Fsp3) is 0.143. The third kappa shape index (κ3) is 3.54. The first-order chi connectivity index (χ1) is 10.8. The molecule has 9 heteroatoms. The molecule has 0 aliphatic rings. The third-order valence-corrected chi connectivity index (χ3v) is 5.01. The number of carboxylic acids is 1. The maximum absolute atomic E-state index is 12.6. The monoisotopic (exact) mass is 354 g/mol. The predicted octanol–water partition coefficient (Wildman–Crippen LogP) is 3.21. The normalized spacial score (nSPS) is 13.3. The number of benzene rings is 1. The van der Waals surface area contributed by atoms with Gasteiger partial charge in [0.25, 0.3) is 5.69 Å². The van der Waals surface area contributed by atoms with Gasteiger partial charge in [0.2, 0.25) is 0 Å². The number of pyridine rings is 1. The van der Waals surface area contributed by atoms with Crippen molar-refractivity contribution in [2.75, 3.05) is 0 Å². The SMILES string of the molecule is CC(c1c(Cl)cccc1C(=O)O)S(=O)c1ccc([N+](=O)[O-])cn1. The van der Waals surface area contributed by atoms with Gasteiger partial charge >= 0.3 is 5.97 Å². The van der Waals surface area contributed by atoms with Crippen LogP contribution < -0.4 is 0 Å². The number of aromatic nitrogens is 1. The van der Waals surface area contributed by atoms with E-state index in [9.17, 15) is 24.2 Å². The Kier molecular flexibility index (Phi) is 5.07. The number of rotatable bonds is 5. The molecule has 0 aliphatic heterocycles. The lowest BCUT2D eigenvalue weighted by atomic mass is 10.1. The minimum atomic E-state index is -1.72. The van der Waals surface area contributed by atoms with E-state index in [1.807, 2.05) is 0 Å². The summed E-state index contributed by atoms with van der Waals surface area (Å²) in [7, 11) is -1.72. The summed E-state index contributed by atoms with van der Waals surface area (Å²) in [5.74, 6) is -1.18. The van der Waals surface area contributed by atoms with Crippen molar-refractivity contribution in [3.05, 3.63) is 62.8 Å². The number of carbonyl (C=O) groups is 1. The molecular formula is C14H11ClN2O5S. The van der Waals surface area contributed by atoms with Crippen LogP contribution in [0.1, 0.15) is 28.1 Å². The molecule has 2 atom stereocenters. The van der Waals surface area contributed by atoms with Gasteiger partial charge in [-0.15, -0.1) is 0 Å². The average molecular weight is 355 g/mol. The van der Waals surface area contributed by atoms with Crippen molar-refractivity contribution in [2.45, 2.75) is 17.2 Å². The molecule has 23 heavy (non-hydrogen) atoms. The Morgan fingerprint density at radius 1 is 1.39 bits per heavy atom. The highest BCUT2D eigenvalue weighted by molar-refractivity contribution is 7.85. The molecule has 1 aromatic heterocycles. The van der Waals surface area contributed by atoms with E-state index in [-0.39, 0.29) is 26.9 Å². The maximum Gasteiger partial charge on any atom is 0.336 e. The number of nitrogens with zero attached hydrogens (tertiary/aromatic N) is 2. The Bertz CT molecular complexity index is 794. The lowest BCUT2D eigenvalue weighted by Crippen LogP contribution is -2.11. The van der Waals surface area contributed by atoms with Crippen molar-refractivity contribution in [1.29, 1.82) is 0 Å². The van der Waals surface area contributed by atoms with E-state index in [4.69, 9.17) is 11.6 Å². The van der Waals surface area contributed by atoms with Crippen LogP contribution in [0.3, 0.4) is 0 Å². The number of carboxylic acid groups (broad SMARTS) is 1. The second-order valence-corrected chi connectivity index (χ2v) is 6.69. The summed E-state index contributed by atoms with van der Waals surface area (Å²) >= 11 is 6.06. The Hall–Kier alpha value is -2.32. The van der Waals surface area contributed by atoms with Crippen molar-refractivity contribution < 1.29 is 19.0 Å². The number of hydrogen-bond donors (Lipinski definition) is 1. The minimum absolute atomic E-state index is 0.0414. The van der Waals surface area contributed by atoms with E-state index < -0.39 is 26.9 Å². The van der Waals surface area contributed by atoms with Crippen molar-refractivity contribution in [3.63, 3.8) is 0 Å². The highest BCUT2D eigenvalue weighted by Crippen LogP contribution is 2.32. The van der Waals surface area contributed by atoms with Crippen LogP contribution >= 0.6 is 11.6 Å². The maximum atomic E-state index is 12.6. The highest BCUT2D eigenvalue weighted by atomic mass is 35.5. The van der Waals surface area contributed by atoms with Gasteiger partial charge in [-0.3, -0.25) is 14.3 Å². The molecule has 0 bridgehead atoms. The Morgan fingerprint density at radius 3 is 2.61 bits per heavy atom. The van der Waals surface area contributed by atoms with E-state index in [0.717, 1.165) is 6.20 Å². The molecule has 2 unspecified atom stereocenters. The summed E-state index contributed by atoms with van der Waals surface area (Å²) in [4.78, 5) is 25.1. The Labute approximate surface area is 138 Å². The fourth-order valence-electron chi connectivity index (χ4n) is 2.02. The van der Waals surface area contributed by atoms with Crippen molar-refractivity contribution in [1.82, 2.24) is 4.98 Å². The van der Waals surface area contributed by atoms with Gasteiger partial charge in [-0.2, -0.15) is 0 Å². The van der Waals surface area contributed by atoms with Gasteiger partial charge in [-0.1, -0.05) is 17.7 Å². The van der Waals surface area contributed by atoms with Gasteiger partial charge in [0.1, 0.15) is 11.2 Å². The number of halogens is 1. The van der Waals surface area contributed by atoms with Crippen LogP contribution in [0.25, 0.3) is 0 Å². The van der Waals surface area contributed by atoms with Gasteiger partial charge in [-0.25, -0.2) is 9.78 Å². The highest BCUT2D eigenvalue weighted by Gasteiger charge is 2.25. The van der Waals surface area contributed by atoms with Crippen LogP contribution in [-0.2, 0) is 10.8 Å². The zero-order chi connectivity index (χ0) is 17.1. The van der Waals surface area contributed by atoms with Gasteiger partial charge < -0.3 is 5.11 Å². The third-order valence-electron chi connectivity index (χ3n) is 3.15. The largest absolute Gasteiger partial charge is 0.478 e. The van der Waals surface area contributed by atoms with E-state index in [0.29, 0.717) is 0 Å². The molecule has 0 aliphatic carbocycles. The summed E-state index contributed by atoms with van der Waals surface area (Å²) < 4.78 is 12.6. The number of nitro groups is 1. The molecule has 0 spiro atoms. The topological polar surface area (TPSA) is 110 Å². The summed E-state index contributed by atoms with van der Waals surface area (Å²) in [5.41, 5.74) is -0.0252. The molecular weight excluding hydrogens is 344 g/mol. The molecule has 0 saturated heterocycles. The van der Waals surface area contributed by atoms with Crippen LogP contribution in [0.2, 0.25) is 5.02 Å². The molecule has 0 fully saturated rings. The van der Waals surface area contributed by atoms with E-state index >= 15 is 0 Å². The molecule has 0 radical (unpaired) electrons. The molecule has 120 valence electrons. The molecule has 0 amide bonds. The number of hydrogen-bond acceptors (Lipinski definition) is 5. The van der Waals surface area contributed by atoms with Crippen LogP contribution in [-0.4, -0.2) is 25.2 Å². The second-order valence-electron chi connectivity index (χ2n) is 4.56. The van der Waals surface area contributed by atoms with E-state index in [2.05, 4.69) is 4.98 Å². The molecule has 0 saturated carbocycles. The van der Waals surface area contributed by atoms with E-state index in [1.165, 1.54) is 30.3 Å². The van der Waals surface area contributed by atoms with Crippen LogP contribution in [0, 0.1) is 10.1 Å². The lowest BCUT2D eigenvalue weighted by Gasteiger charge is -2.15. The summed E-state index contributed by atoms with van der Waals surface area (Å²) in [5, 5.41) is 19.4. The first-order valence-corrected chi connectivity index (χ1v) is 7.94. The van der Waals surface area contributed by atoms with Crippen LogP contribution in [0.5, 0.6) is 0 Å². The van der Waals surface area contributed by atoms with Crippen molar-refractivity contribution in [2.24, 2.45) is 0 Å². The smallest absolute Gasteiger partial charge is 0.336 e. The van der Waals surface area contributed by atoms with Gasteiger partial charge in [0, 0.05) is 16.7 Å². The van der Waals surface area contributed by atoms with Crippen molar-refractivity contribution >= 4 is 34.1 Å². The Balaban J connectivity index is 2.41. The average Bonchev–Trinajstić information content (AvgIpc) is 2.53. The molecule has 2 rings (SSSR count). The summed E-state index contributed by atoms with van der Waals surface area (Å²) in [6, 6.07) is 6.86. The standard InChI is InChI=1S/C14H11ClN2O5S/c1-8(13-10(14(18)19)3-2-4-11(13)15)23(22)12-6-5-9(7-16-12)17(20)21/h2-8H,1H3,(H,18,19). The van der Waals surface area contributed by atoms with Gasteiger partial charge in [0.05, 0.1) is 26.5 Å². The predicted molar refractivity (Wildman–Crippen MR) is 84.1 cm³/mol. The van der Waals surface area contributed by atoms with Crippen LogP contribution in [0.15, 0.2) is 41.6 Å². The lowest BCUT2D eigenvalue weighted by molar-refractivity contribution is -0.385. The number of aromatic carboxylic acids is 1. The second kappa shape index (κ2) is 6.84. The van der Waals surface area contributed by atoms with Gasteiger partial charge in [0.15, 0.2) is 0 Å². The summed E-state index contributed by atoms with van der Waals surface area (Å²) in [6.45, 7) is 1.56. The molecule has 1 heterocycles. The minimum Gasteiger partial charge on any atom is -0.478 e. The summed E-state index contributed by atoms with van der Waals surface area (Å²) in [6.07, 6.45) is 1.00.